The first-order valence-corrected chi connectivity index (χ1v) is 7.69. The minimum Gasteiger partial charge on any atom is -0.457 e. The zero-order valence-corrected chi connectivity index (χ0v) is 14.4. The third-order valence-electron chi connectivity index (χ3n) is 3.50. The van der Waals surface area contributed by atoms with Gasteiger partial charge < -0.3 is 14.7 Å². The highest BCUT2D eigenvalue weighted by Crippen LogP contribution is 2.30. The highest BCUT2D eigenvalue weighted by atomic mass is 19.4. The van der Waals surface area contributed by atoms with E-state index in [9.17, 15) is 27.5 Å². The summed E-state index contributed by atoms with van der Waals surface area (Å²) in [6.07, 6.45) is -3.59. The number of halogens is 4. The van der Waals surface area contributed by atoms with Gasteiger partial charge in [-0.25, -0.2) is 14.2 Å². The molecule has 2 amide bonds. The van der Waals surface area contributed by atoms with Crippen LogP contribution in [0.5, 0.6) is 11.5 Å². The lowest BCUT2D eigenvalue weighted by atomic mass is 10.1. The third-order valence-corrected chi connectivity index (χ3v) is 3.50. The molecule has 0 spiro atoms. The zero-order valence-electron chi connectivity index (χ0n) is 14.4. The van der Waals surface area contributed by atoms with Gasteiger partial charge in [-0.3, -0.25) is 5.32 Å². The molecule has 0 saturated carbocycles. The Morgan fingerprint density at radius 2 is 1.93 bits per heavy atom. The molecule has 0 bridgehead atoms. The number of likely N-dealkylation sites (N-methyl/N-ethyl adjacent to an activating group) is 1. The maximum absolute atomic E-state index is 13.2. The molecule has 0 unspecified atom stereocenters. The number of hydrogen-bond acceptors (Lipinski definition) is 4. The van der Waals surface area contributed by atoms with E-state index in [1.165, 1.54) is 36.5 Å². The van der Waals surface area contributed by atoms with E-state index >= 15 is 0 Å². The molecule has 0 aliphatic rings. The minimum absolute atomic E-state index is 0.00686. The summed E-state index contributed by atoms with van der Waals surface area (Å²) in [7, 11) is 1.10. The summed E-state index contributed by atoms with van der Waals surface area (Å²) in [5.74, 6) is -0.0338. The second-order valence-corrected chi connectivity index (χ2v) is 5.99. The van der Waals surface area contributed by atoms with Crippen molar-refractivity contribution in [2.45, 2.75) is 18.7 Å². The molecule has 0 aliphatic heterocycles. The summed E-state index contributed by atoms with van der Waals surface area (Å²) in [4.78, 5) is 16.6. The monoisotopic (exact) mass is 387 g/mol. The number of carbonyl (C=O) groups excluding carboxylic acids is 1. The summed E-state index contributed by atoms with van der Waals surface area (Å²) < 4.78 is 56.7. The van der Waals surface area contributed by atoms with Gasteiger partial charge in [0.1, 0.15) is 23.1 Å². The second kappa shape index (κ2) is 7.78. The number of nitrogens with zero attached hydrogens (tertiary/aromatic N) is 2. The fourth-order valence-corrected chi connectivity index (χ4v) is 2.04. The maximum Gasteiger partial charge on any atom is 0.418 e. The highest BCUT2D eigenvalue weighted by molar-refractivity contribution is 5.88. The molecule has 1 atom stereocenters. The van der Waals surface area contributed by atoms with Crippen molar-refractivity contribution in [2.24, 2.45) is 0 Å². The van der Waals surface area contributed by atoms with Gasteiger partial charge in [-0.05, 0) is 25.1 Å². The standard InChI is InChI=1S/C17H17F4N3O3/c1-16(26,17(19,20)21)10-24(2)15(25)23-14-9-13(6-7-22-14)27-12-5-3-4-11(18)8-12/h3-9,26H,10H2,1-2H3,(H,22,23,25)/t16-/m1/s1. The van der Waals surface area contributed by atoms with Gasteiger partial charge in [0.2, 0.25) is 0 Å². The lowest BCUT2D eigenvalue weighted by Crippen LogP contribution is -2.52. The first-order valence-electron chi connectivity index (χ1n) is 7.69. The average Bonchev–Trinajstić information content (AvgIpc) is 2.53. The summed E-state index contributed by atoms with van der Waals surface area (Å²) in [6.45, 7) is -0.399. The fourth-order valence-electron chi connectivity index (χ4n) is 2.04. The van der Waals surface area contributed by atoms with Crippen LogP contribution in [-0.2, 0) is 0 Å². The van der Waals surface area contributed by atoms with Gasteiger partial charge in [0.05, 0.1) is 6.54 Å². The molecule has 1 aromatic heterocycles. The van der Waals surface area contributed by atoms with Crippen LogP contribution < -0.4 is 10.1 Å². The lowest BCUT2D eigenvalue weighted by Gasteiger charge is -2.30. The van der Waals surface area contributed by atoms with Crippen molar-refractivity contribution in [1.82, 2.24) is 9.88 Å². The van der Waals surface area contributed by atoms with E-state index in [0.717, 1.165) is 13.1 Å². The number of alkyl halides is 3. The van der Waals surface area contributed by atoms with Crippen LogP contribution in [-0.4, -0.2) is 46.4 Å². The molecule has 2 N–H and O–H groups in total. The van der Waals surface area contributed by atoms with Crippen LogP contribution in [0.4, 0.5) is 28.2 Å². The fraction of sp³-hybridized carbons (Fsp3) is 0.294. The van der Waals surface area contributed by atoms with Crippen molar-refractivity contribution in [3.63, 3.8) is 0 Å². The number of pyridine rings is 1. The normalized spacial score (nSPS) is 13.6. The molecular weight excluding hydrogens is 370 g/mol. The van der Waals surface area contributed by atoms with E-state index in [1.807, 2.05) is 0 Å². The van der Waals surface area contributed by atoms with Crippen LogP contribution in [0.25, 0.3) is 0 Å². The largest absolute Gasteiger partial charge is 0.457 e. The predicted molar refractivity (Wildman–Crippen MR) is 89.0 cm³/mol. The van der Waals surface area contributed by atoms with Crippen molar-refractivity contribution in [3.05, 3.63) is 48.4 Å². The molecule has 1 aromatic carbocycles. The summed E-state index contributed by atoms with van der Waals surface area (Å²) in [5, 5.41) is 11.8. The topological polar surface area (TPSA) is 74.7 Å². The van der Waals surface area contributed by atoms with Crippen molar-refractivity contribution in [2.75, 3.05) is 18.9 Å². The van der Waals surface area contributed by atoms with Crippen LogP contribution in [0.15, 0.2) is 42.6 Å². The number of urea groups is 1. The van der Waals surface area contributed by atoms with Gasteiger partial charge in [-0.1, -0.05) is 6.07 Å². The molecule has 2 aromatic rings. The predicted octanol–water partition coefficient (Wildman–Crippen LogP) is 3.79. The SMILES string of the molecule is CN(C[C@@](C)(O)C(F)(F)F)C(=O)Nc1cc(Oc2cccc(F)c2)ccn1. The Labute approximate surface area is 152 Å². The first kappa shape index (κ1) is 20.4. The molecule has 2 rings (SSSR count). The molecule has 146 valence electrons. The van der Waals surface area contributed by atoms with E-state index in [2.05, 4.69) is 10.3 Å². The van der Waals surface area contributed by atoms with Crippen molar-refractivity contribution in [1.29, 1.82) is 0 Å². The van der Waals surface area contributed by atoms with Gasteiger partial charge in [0, 0.05) is 25.4 Å². The van der Waals surface area contributed by atoms with E-state index in [-0.39, 0.29) is 17.3 Å². The Bertz CT molecular complexity index is 812. The molecule has 10 heteroatoms. The smallest absolute Gasteiger partial charge is 0.418 e. The Morgan fingerprint density at radius 3 is 2.56 bits per heavy atom. The van der Waals surface area contributed by atoms with Gasteiger partial charge in [0.25, 0.3) is 0 Å². The molecule has 0 fully saturated rings. The molecule has 0 aliphatic carbocycles. The van der Waals surface area contributed by atoms with E-state index in [0.29, 0.717) is 11.8 Å². The van der Waals surface area contributed by atoms with E-state index < -0.39 is 30.2 Å². The minimum atomic E-state index is -4.89. The number of anilines is 1. The third kappa shape index (κ3) is 5.55. The number of aromatic nitrogens is 1. The number of nitrogens with one attached hydrogen (secondary N) is 1. The second-order valence-electron chi connectivity index (χ2n) is 5.99. The lowest BCUT2D eigenvalue weighted by molar-refractivity contribution is -0.254. The van der Waals surface area contributed by atoms with Gasteiger partial charge in [-0.15, -0.1) is 0 Å². The van der Waals surface area contributed by atoms with E-state index in [4.69, 9.17) is 4.74 Å². The molecule has 6 nitrogen and oxygen atoms in total. The van der Waals surface area contributed by atoms with Crippen LogP contribution in [0, 0.1) is 5.82 Å². The van der Waals surface area contributed by atoms with Gasteiger partial charge in [0.15, 0.2) is 5.60 Å². The molecule has 1 heterocycles. The van der Waals surface area contributed by atoms with E-state index in [1.54, 1.807) is 0 Å². The first-order chi connectivity index (χ1) is 12.5. The Hall–Kier alpha value is -2.88. The number of aliphatic hydroxyl groups is 1. The molecule has 0 radical (unpaired) electrons. The summed E-state index contributed by atoms with van der Waals surface area (Å²) in [6, 6.07) is 7.25. The van der Waals surface area contributed by atoms with Gasteiger partial charge in [-0.2, -0.15) is 13.2 Å². The van der Waals surface area contributed by atoms with Crippen molar-refractivity contribution in [3.8, 4) is 11.5 Å². The van der Waals surface area contributed by atoms with Crippen LogP contribution in [0.3, 0.4) is 0 Å². The number of benzene rings is 1. The number of carbonyl (C=O) groups is 1. The maximum atomic E-state index is 13.2. The van der Waals surface area contributed by atoms with Crippen molar-refractivity contribution >= 4 is 11.8 Å². The number of hydrogen-bond donors (Lipinski definition) is 2. The number of amides is 2. The van der Waals surface area contributed by atoms with Gasteiger partial charge >= 0.3 is 12.2 Å². The molecule has 27 heavy (non-hydrogen) atoms. The summed E-state index contributed by atoms with van der Waals surface area (Å²) >= 11 is 0. The Kier molecular flexibility index (Phi) is 5.89. The van der Waals surface area contributed by atoms with Crippen molar-refractivity contribution < 1.29 is 32.2 Å². The Balaban J connectivity index is 2.04. The quantitative estimate of drug-likeness (QED) is 0.766. The Morgan fingerprint density at radius 1 is 1.26 bits per heavy atom. The number of ether oxygens (including phenoxy) is 1. The highest BCUT2D eigenvalue weighted by Gasteiger charge is 2.50. The number of rotatable bonds is 5. The molecular formula is C17H17F4N3O3. The average molecular weight is 387 g/mol. The summed E-state index contributed by atoms with van der Waals surface area (Å²) in [5.41, 5.74) is -3.06. The molecule has 0 saturated heterocycles. The zero-order chi connectivity index (χ0) is 20.2. The van der Waals surface area contributed by atoms with Crippen LogP contribution in [0.2, 0.25) is 0 Å². The van der Waals surface area contributed by atoms with Crippen LogP contribution in [0.1, 0.15) is 6.92 Å². The van der Waals surface area contributed by atoms with Crippen LogP contribution >= 0.6 is 0 Å².